The van der Waals surface area contributed by atoms with Crippen LogP contribution in [0.5, 0.6) is 5.75 Å². The number of carbonyl (C=O) groups is 1. The van der Waals surface area contributed by atoms with E-state index in [2.05, 4.69) is 0 Å². The van der Waals surface area contributed by atoms with Gasteiger partial charge in [-0.15, -0.1) is 0 Å². The van der Waals surface area contributed by atoms with Crippen LogP contribution >= 0.6 is 0 Å². The monoisotopic (exact) mass is 275 g/mol. The molecule has 108 valence electrons. The van der Waals surface area contributed by atoms with Crippen molar-refractivity contribution in [1.29, 1.82) is 5.41 Å². The van der Waals surface area contributed by atoms with Crippen molar-refractivity contribution in [3.63, 3.8) is 0 Å². The van der Waals surface area contributed by atoms with E-state index < -0.39 is 0 Å². The Bertz CT molecular complexity index is 461. The molecule has 5 nitrogen and oxygen atoms in total. The first-order valence-electron chi connectivity index (χ1n) is 7.00. The molecule has 0 radical (unpaired) electrons. The van der Waals surface area contributed by atoms with Crippen LogP contribution in [-0.4, -0.2) is 29.9 Å². The molecule has 2 rings (SSSR count). The van der Waals surface area contributed by atoms with Crippen molar-refractivity contribution in [1.82, 2.24) is 4.90 Å². The van der Waals surface area contributed by atoms with Crippen LogP contribution in [0, 0.1) is 11.3 Å². The third kappa shape index (κ3) is 4.26. The number of guanidine groups is 1. The molecule has 0 saturated carbocycles. The molecule has 20 heavy (non-hydrogen) atoms. The lowest BCUT2D eigenvalue weighted by Crippen LogP contribution is -2.43. The number of likely N-dealkylation sites (tertiary alicyclic amines) is 1. The zero-order valence-electron chi connectivity index (χ0n) is 11.5. The molecule has 1 saturated heterocycles. The average molecular weight is 275 g/mol. The minimum Gasteiger partial charge on any atom is -0.427 e. The maximum absolute atomic E-state index is 11.8. The second-order valence-corrected chi connectivity index (χ2v) is 5.17. The van der Waals surface area contributed by atoms with Gasteiger partial charge in [-0.25, -0.2) is 0 Å². The van der Waals surface area contributed by atoms with Crippen molar-refractivity contribution in [2.45, 2.75) is 25.7 Å². The molecule has 1 fully saturated rings. The van der Waals surface area contributed by atoms with Crippen LogP contribution in [0.1, 0.15) is 25.7 Å². The molecule has 1 atom stereocenters. The third-order valence-electron chi connectivity index (χ3n) is 3.59. The second-order valence-electron chi connectivity index (χ2n) is 5.17. The lowest BCUT2D eigenvalue weighted by molar-refractivity contribution is -0.134. The summed E-state index contributed by atoms with van der Waals surface area (Å²) in [5, 5.41) is 7.46. The van der Waals surface area contributed by atoms with E-state index in [0.717, 1.165) is 32.4 Å². The fourth-order valence-corrected chi connectivity index (χ4v) is 2.51. The molecular weight excluding hydrogens is 254 g/mol. The quantitative estimate of drug-likeness (QED) is 0.381. The molecular formula is C15H21N3O2. The van der Waals surface area contributed by atoms with Gasteiger partial charge in [-0.05, 0) is 37.3 Å². The minimum atomic E-state index is -0.198. The van der Waals surface area contributed by atoms with E-state index in [-0.39, 0.29) is 11.9 Å². The van der Waals surface area contributed by atoms with Crippen molar-refractivity contribution in [3.8, 4) is 5.75 Å². The Kier molecular flexibility index (Phi) is 4.98. The summed E-state index contributed by atoms with van der Waals surface area (Å²) in [7, 11) is 0. The average Bonchev–Trinajstić information content (AvgIpc) is 2.46. The highest BCUT2D eigenvalue weighted by atomic mass is 16.5. The summed E-state index contributed by atoms with van der Waals surface area (Å²) in [5.74, 6) is 0.931. The second kappa shape index (κ2) is 6.93. The lowest BCUT2D eigenvalue weighted by atomic mass is 9.93. The molecule has 1 aromatic carbocycles. The molecule has 0 spiro atoms. The summed E-state index contributed by atoms with van der Waals surface area (Å²) in [6, 6.07) is 9.12. The number of esters is 1. The van der Waals surface area contributed by atoms with E-state index in [4.69, 9.17) is 15.9 Å². The SMILES string of the molecule is N=C(N)N1CCCC(CCC(=O)Oc2ccccc2)C1. The molecule has 1 aromatic rings. The van der Waals surface area contributed by atoms with E-state index in [1.807, 2.05) is 23.1 Å². The number of hydrogen-bond acceptors (Lipinski definition) is 3. The molecule has 1 heterocycles. The highest BCUT2D eigenvalue weighted by Gasteiger charge is 2.21. The number of benzene rings is 1. The van der Waals surface area contributed by atoms with Crippen molar-refractivity contribution >= 4 is 11.9 Å². The van der Waals surface area contributed by atoms with Gasteiger partial charge in [0.15, 0.2) is 5.96 Å². The Hall–Kier alpha value is -2.04. The van der Waals surface area contributed by atoms with Gasteiger partial charge in [-0.2, -0.15) is 0 Å². The van der Waals surface area contributed by atoms with Crippen molar-refractivity contribution in [3.05, 3.63) is 30.3 Å². The van der Waals surface area contributed by atoms with Gasteiger partial charge in [0.05, 0.1) is 0 Å². The zero-order chi connectivity index (χ0) is 14.4. The maximum Gasteiger partial charge on any atom is 0.311 e. The van der Waals surface area contributed by atoms with Gasteiger partial charge in [0, 0.05) is 19.5 Å². The summed E-state index contributed by atoms with van der Waals surface area (Å²) in [6.45, 7) is 1.62. The normalized spacial score (nSPS) is 18.6. The Morgan fingerprint density at radius 3 is 2.85 bits per heavy atom. The van der Waals surface area contributed by atoms with Gasteiger partial charge >= 0.3 is 5.97 Å². The highest BCUT2D eigenvalue weighted by Crippen LogP contribution is 2.21. The van der Waals surface area contributed by atoms with Gasteiger partial charge in [0.2, 0.25) is 0 Å². The topological polar surface area (TPSA) is 79.4 Å². The van der Waals surface area contributed by atoms with Crippen molar-refractivity contribution in [2.75, 3.05) is 13.1 Å². The molecule has 1 aliphatic rings. The molecule has 0 aromatic heterocycles. The predicted octanol–water partition coefficient (Wildman–Crippen LogP) is 1.98. The minimum absolute atomic E-state index is 0.126. The third-order valence-corrected chi connectivity index (χ3v) is 3.59. The maximum atomic E-state index is 11.8. The number of para-hydroxylation sites is 1. The Morgan fingerprint density at radius 1 is 1.40 bits per heavy atom. The molecule has 5 heteroatoms. The van der Waals surface area contributed by atoms with E-state index in [1.54, 1.807) is 12.1 Å². The number of nitrogens with two attached hydrogens (primary N) is 1. The number of carbonyl (C=O) groups excluding carboxylic acids is 1. The number of nitrogens with one attached hydrogen (secondary N) is 1. The van der Waals surface area contributed by atoms with Gasteiger partial charge in [0.1, 0.15) is 5.75 Å². The largest absolute Gasteiger partial charge is 0.427 e. The highest BCUT2D eigenvalue weighted by molar-refractivity contribution is 5.74. The smallest absolute Gasteiger partial charge is 0.311 e. The fourth-order valence-electron chi connectivity index (χ4n) is 2.51. The van der Waals surface area contributed by atoms with Crippen molar-refractivity contribution < 1.29 is 9.53 Å². The van der Waals surface area contributed by atoms with E-state index in [0.29, 0.717) is 18.1 Å². The molecule has 1 aliphatic heterocycles. The van der Waals surface area contributed by atoms with E-state index in [9.17, 15) is 4.79 Å². The molecule has 0 aliphatic carbocycles. The molecule has 0 bridgehead atoms. The summed E-state index contributed by atoms with van der Waals surface area (Å²) < 4.78 is 5.26. The Labute approximate surface area is 119 Å². The Morgan fingerprint density at radius 2 is 2.15 bits per heavy atom. The number of nitrogens with zero attached hydrogens (tertiary/aromatic N) is 1. The van der Waals surface area contributed by atoms with Crippen LogP contribution in [-0.2, 0) is 4.79 Å². The summed E-state index contributed by atoms with van der Waals surface area (Å²) in [6.07, 6.45) is 3.31. The first kappa shape index (κ1) is 14.4. The first-order valence-corrected chi connectivity index (χ1v) is 7.00. The van der Waals surface area contributed by atoms with Crippen LogP contribution in [0.25, 0.3) is 0 Å². The first-order chi connectivity index (χ1) is 9.65. The predicted molar refractivity (Wildman–Crippen MR) is 77.5 cm³/mol. The molecule has 0 amide bonds. The number of piperidine rings is 1. The Balaban J connectivity index is 1.74. The van der Waals surface area contributed by atoms with Gasteiger partial charge in [-0.1, -0.05) is 18.2 Å². The van der Waals surface area contributed by atoms with Crippen LogP contribution in [0.2, 0.25) is 0 Å². The van der Waals surface area contributed by atoms with Gasteiger partial charge < -0.3 is 15.4 Å². The van der Waals surface area contributed by atoms with Crippen LogP contribution < -0.4 is 10.5 Å². The fraction of sp³-hybridized carbons (Fsp3) is 0.467. The summed E-state index contributed by atoms with van der Waals surface area (Å²) in [4.78, 5) is 13.6. The summed E-state index contributed by atoms with van der Waals surface area (Å²) in [5.41, 5.74) is 5.51. The van der Waals surface area contributed by atoms with Gasteiger partial charge in [-0.3, -0.25) is 10.2 Å². The summed E-state index contributed by atoms with van der Waals surface area (Å²) >= 11 is 0. The van der Waals surface area contributed by atoms with Crippen LogP contribution in [0.3, 0.4) is 0 Å². The number of rotatable bonds is 4. The van der Waals surface area contributed by atoms with Gasteiger partial charge in [0.25, 0.3) is 0 Å². The molecule has 3 N–H and O–H groups in total. The van der Waals surface area contributed by atoms with Crippen molar-refractivity contribution in [2.24, 2.45) is 11.7 Å². The molecule has 1 unspecified atom stereocenters. The van der Waals surface area contributed by atoms with E-state index in [1.165, 1.54) is 0 Å². The standard InChI is InChI=1S/C15H21N3O2/c16-15(17)18-10-4-5-12(11-18)8-9-14(19)20-13-6-2-1-3-7-13/h1-3,6-7,12H,4-5,8-11H2,(H3,16,17). The number of hydrogen-bond donors (Lipinski definition) is 2. The van der Waals surface area contributed by atoms with Crippen LogP contribution in [0.4, 0.5) is 0 Å². The lowest BCUT2D eigenvalue weighted by Gasteiger charge is -2.32. The van der Waals surface area contributed by atoms with E-state index >= 15 is 0 Å². The zero-order valence-corrected chi connectivity index (χ0v) is 11.5. The van der Waals surface area contributed by atoms with Crippen LogP contribution in [0.15, 0.2) is 30.3 Å². The number of ether oxygens (including phenoxy) is 1.